The Morgan fingerprint density at radius 2 is 1.24 bits per heavy atom. The minimum Gasteiger partial charge on any atom is -0.466 e. The van der Waals surface area contributed by atoms with Crippen LogP contribution in [0.5, 0.6) is 0 Å². The van der Waals surface area contributed by atoms with Crippen LogP contribution >= 0.6 is 0 Å². The highest BCUT2D eigenvalue weighted by Crippen LogP contribution is 2.32. The third kappa shape index (κ3) is 15.1. The molecular formula is C29H38F3NO9. The van der Waals surface area contributed by atoms with Crippen LogP contribution in [0.15, 0.2) is 48.5 Å². The summed E-state index contributed by atoms with van der Waals surface area (Å²) in [5.41, 5.74) is -0.0993. The predicted molar refractivity (Wildman–Crippen MR) is 147 cm³/mol. The molecule has 0 aliphatic heterocycles. The molecule has 13 heteroatoms. The number of nitrogens with one attached hydrogen (secondary N) is 1. The van der Waals surface area contributed by atoms with Crippen LogP contribution in [0.2, 0.25) is 0 Å². The molecule has 0 aliphatic carbocycles. The lowest BCUT2D eigenvalue weighted by atomic mass is 10.1. The summed E-state index contributed by atoms with van der Waals surface area (Å²) >= 11 is 0. The van der Waals surface area contributed by atoms with Crippen LogP contribution in [0.4, 0.5) is 24.5 Å². The Balaban J connectivity index is 1.47. The van der Waals surface area contributed by atoms with Gasteiger partial charge in [0.2, 0.25) is 0 Å². The summed E-state index contributed by atoms with van der Waals surface area (Å²) < 4.78 is 75.8. The Morgan fingerprint density at radius 3 is 1.81 bits per heavy atom. The number of carbonyl (C=O) groups excluding carboxylic acids is 2. The van der Waals surface area contributed by atoms with Gasteiger partial charge in [-0.1, -0.05) is 18.2 Å². The van der Waals surface area contributed by atoms with E-state index in [0.29, 0.717) is 71.8 Å². The lowest BCUT2D eigenvalue weighted by Gasteiger charge is -2.13. The Labute approximate surface area is 243 Å². The van der Waals surface area contributed by atoms with Gasteiger partial charge in [0.15, 0.2) is 0 Å². The number of hydrogen-bond acceptors (Lipinski definition) is 10. The fourth-order valence-electron chi connectivity index (χ4n) is 3.34. The van der Waals surface area contributed by atoms with Crippen molar-refractivity contribution in [2.24, 2.45) is 0 Å². The number of carbonyl (C=O) groups is 2. The number of esters is 2. The van der Waals surface area contributed by atoms with Crippen LogP contribution in [0.1, 0.15) is 29.3 Å². The molecule has 2 aromatic rings. The van der Waals surface area contributed by atoms with E-state index in [1.807, 2.05) is 0 Å². The molecule has 0 aromatic heterocycles. The maximum absolute atomic E-state index is 13.0. The minimum atomic E-state index is -4.48. The number of halogens is 3. The van der Waals surface area contributed by atoms with Gasteiger partial charge in [0.25, 0.3) is 0 Å². The largest absolute Gasteiger partial charge is 0.466 e. The number of rotatable bonds is 22. The second kappa shape index (κ2) is 20.6. The van der Waals surface area contributed by atoms with Gasteiger partial charge in [-0.3, -0.25) is 4.79 Å². The van der Waals surface area contributed by atoms with Crippen molar-refractivity contribution in [2.45, 2.75) is 19.5 Å². The molecule has 0 heterocycles. The molecule has 2 aromatic carbocycles. The van der Waals surface area contributed by atoms with Gasteiger partial charge in [-0.05, 0) is 37.3 Å². The van der Waals surface area contributed by atoms with E-state index in [0.717, 1.165) is 12.1 Å². The van der Waals surface area contributed by atoms with E-state index < -0.39 is 17.7 Å². The van der Waals surface area contributed by atoms with Gasteiger partial charge in [-0.25, -0.2) is 4.79 Å². The molecule has 10 nitrogen and oxygen atoms in total. The fraction of sp³-hybridized carbons (Fsp3) is 0.517. The van der Waals surface area contributed by atoms with E-state index in [-0.39, 0.29) is 36.9 Å². The second-order valence-electron chi connectivity index (χ2n) is 8.50. The molecule has 0 spiro atoms. The molecule has 0 atom stereocenters. The zero-order chi connectivity index (χ0) is 30.5. The van der Waals surface area contributed by atoms with E-state index in [2.05, 4.69) is 5.32 Å². The van der Waals surface area contributed by atoms with Crippen LogP contribution < -0.4 is 5.32 Å². The van der Waals surface area contributed by atoms with Gasteiger partial charge in [-0.15, -0.1) is 0 Å². The van der Waals surface area contributed by atoms with Gasteiger partial charge >= 0.3 is 18.1 Å². The molecule has 0 amide bonds. The Bertz CT molecular complexity index is 1050. The third-order valence-corrected chi connectivity index (χ3v) is 5.32. The molecular weight excluding hydrogens is 563 g/mol. The van der Waals surface area contributed by atoms with Crippen LogP contribution in [-0.4, -0.2) is 91.2 Å². The Hall–Kier alpha value is -3.23. The second-order valence-corrected chi connectivity index (χ2v) is 8.50. The van der Waals surface area contributed by atoms with Crippen LogP contribution in [0, 0.1) is 0 Å². The smallest absolute Gasteiger partial charge is 0.416 e. The first-order chi connectivity index (χ1) is 20.3. The van der Waals surface area contributed by atoms with Crippen molar-refractivity contribution >= 4 is 23.3 Å². The molecule has 0 aliphatic rings. The summed E-state index contributed by atoms with van der Waals surface area (Å²) in [6.45, 7) is 5.57. The summed E-state index contributed by atoms with van der Waals surface area (Å²) in [5, 5.41) is 2.85. The van der Waals surface area contributed by atoms with Gasteiger partial charge in [0, 0.05) is 5.69 Å². The van der Waals surface area contributed by atoms with E-state index in [9.17, 15) is 22.8 Å². The maximum Gasteiger partial charge on any atom is 0.416 e. The van der Waals surface area contributed by atoms with E-state index in [1.165, 1.54) is 18.2 Å². The van der Waals surface area contributed by atoms with E-state index in [1.54, 1.807) is 25.1 Å². The molecule has 0 fully saturated rings. The zero-order valence-corrected chi connectivity index (χ0v) is 23.6. The van der Waals surface area contributed by atoms with Crippen molar-refractivity contribution in [3.8, 4) is 0 Å². The summed E-state index contributed by atoms with van der Waals surface area (Å²) in [4.78, 5) is 23.7. The molecule has 1 N–H and O–H groups in total. The molecule has 2 rings (SSSR count). The number of anilines is 2. The highest BCUT2D eigenvalue weighted by Gasteiger charge is 2.30. The van der Waals surface area contributed by atoms with E-state index in [4.69, 9.17) is 33.2 Å². The van der Waals surface area contributed by atoms with E-state index >= 15 is 0 Å². The Morgan fingerprint density at radius 1 is 0.690 bits per heavy atom. The number of para-hydroxylation sites is 1. The SMILES string of the molecule is CCOC(=O)CCOCCOCCOCCOCCOCCOC(=O)c1ccccc1Nc1cccc(C(F)(F)F)c1. The van der Waals surface area contributed by atoms with Crippen molar-refractivity contribution in [1.82, 2.24) is 0 Å². The first-order valence-electron chi connectivity index (χ1n) is 13.6. The van der Waals surface area contributed by atoms with Crippen LogP contribution in [0.3, 0.4) is 0 Å². The van der Waals surface area contributed by atoms with Crippen LogP contribution in [0.25, 0.3) is 0 Å². The third-order valence-electron chi connectivity index (χ3n) is 5.32. The number of ether oxygens (including phenoxy) is 7. The molecule has 0 saturated carbocycles. The van der Waals surface area contributed by atoms with Gasteiger partial charge in [0.1, 0.15) is 6.61 Å². The average molecular weight is 602 g/mol. The molecule has 234 valence electrons. The molecule has 0 saturated heterocycles. The van der Waals surface area contributed by atoms with Crippen molar-refractivity contribution in [2.75, 3.05) is 84.6 Å². The molecule has 0 unspecified atom stereocenters. The summed E-state index contributed by atoms with van der Waals surface area (Å²) in [7, 11) is 0. The first-order valence-corrected chi connectivity index (χ1v) is 13.6. The quantitative estimate of drug-likeness (QED) is 0.151. The summed E-state index contributed by atoms with van der Waals surface area (Å²) in [5.74, 6) is -0.913. The lowest BCUT2D eigenvalue weighted by molar-refractivity contribution is -0.144. The Kier molecular flexibility index (Phi) is 17.2. The fourth-order valence-corrected chi connectivity index (χ4v) is 3.34. The topological polar surface area (TPSA) is 111 Å². The van der Waals surface area contributed by atoms with Crippen LogP contribution in [-0.2, 0) is 44.1 Å². The zero-order valence-electron chi connectivity index (χ0n) is 23.6. The summed E-state index contributed by atoms with van der Waals surface area (Å²) in [6.07, 6.45) is -4.25. The molecule has 0 bridgehead atoms. The maximum atomic E-state index is 13.0. The van der Waals surface area contributed by atoms with Crippen molar-refractivity contribution in [3.05, 3.63) is 59.7 Å². The molecule has 0 radical (unpaired) electrons. The molecule has 42 heavy (non-hydrogen) atoms. The number of alkyl halides is 3. The first kappa shape index (κ1) is 35.0. The monoisotopic (exact) mass is 601 g/mol. The van der Waals surface area contributed by atoms with Gasteiger partial charge in [0.05, 0.1) is 95.9 Å². The highest BCUT2D eigenvalue weighted by molar-refractivity contribution is 5.96. The highest BCUT2D eigenvalue weighted by atomic mass is 19.4. The standard InChI is InChI=1S/C29H38F3NO9/c1-2-41-27(34)10-11-36-12-13-37-14-15-38-16-17-39-18-19-40-20-21-42-28(35)25-8-3-4-9-26(25)33-24-7-5-6-23(22-24)29(30,31)32/h3-9,22,33H,2,10-21H2,1H3. The predicted octanol–water partition coefficient (Wildman–Crippen LogP) is 4.64. The lowest BCUT2D eigenvalue weighted by Crippen LogP contribution is -2.15. The summed E-state index contributed by atoms with van der Waals surface area (Å²) in [6, 6.07) is 11.1. The number of benzene rings is 2. The van der Waals surface area contributed by atoms with Crippen molar-refractivity contribution < 1.29 is 55.9 Å². The number of hydrogen-bond donors (Lipinski definition) is 1. The van der Waals surface area contributed by atoms with Gasteiger partial charge < -0.3 is 38.5 Å². The average Bonchev–Trinajstić information content (AvgIpc) is 2.96. The van der Waals surface area contributed by atoms with Crippen molar-refractivity contribution in [3.63, 3.8) is 0 Å². The minimum absolute atomic E-state index is 0.00370. The van der Waals surface area contributed by atoms with Crippen molar-refractivity contribution in [1.29, 1.82) is 0 Å². The van der Waals surface area contributed by atoms with Gasteiger partial charge in [-0.2, -0.15) is 13.2 Å². The normalized spacial score (nSPS) is 11.3.